The lowest BCUT2D eigenvalue weighted by Gasteiger charge is -2.30. The molecule has 0 fully saturated rings. The number of benzene rings is 1. The van der Waals surface area contributed by atoms with Gasteiger partial charge >= 0.3 is 0 Å². The second-order valence-electron chi connectivity index (χ2n) is 4.64. The molecule has 0 saturated heterocycles. The molecule has 1 aromatic carbocycles. The second kappa shape index (κ2) is 7.53. The summed E-state index contributed by atoms with van der Waals surface area (Å²) in [7, 11) is 0. The number of carbonyl (C=O) groups is 1. The number of aliphatic hydroxyl groups is 2. The van der Waals surface area contributed by atoms with Crippen LogP contribution in [0.5, 0.6) is 0 Å². The van der Waals surface area contributed by atoms with E-state index in [1.54, 1.807) is 6.92 Å². The van der Waals surface area contributed by atoms with Gasteiger partial charge in [-0.2, -0.15) is 12.6 Å². The molecule has 0 aliphatic rings. The molecule has 4 nitrogen and oxygen atoms in total. The second-order valence-corrected chi connectivity index (χ2v) is 5.27. The minimum Gasteiger partial charge on any atom is -0.394 e. The number of hydrogen-bond donors (Lipinski definition) is 4. The zero-order valence-electron chi connectivity index (χ0n) is 11.0. The summed E-state index contributed by atoms with van der Waals surface area (Å²) in [6.45, 7) is 1.21. The third-order valence-electron chi connectivity index (χ3n) is 3.24. The molecule has 1 rings (SSSR count). The smallest absolute Gasteiger partial charge is 0.233 e. The summed E-state index contributed by atoms with van der Waals surface area (Å²) < 4.78 is 0. The number of amides is 1. The molecule has 1 atom stereocenters. The summed E-state index contributed by atoms with van der Waals surface area (Å²) in [6, 6.07) is 9.59. The van der Waals surface area contributed by atoms with Crippen molar-refractivity contribution >= 4 is 18.5 Å². The standard InChI is InChI=1S/C14H21NO3S/c1-2-14(9-16,10-17)15-13(18)12(19)8-11-6-4-3-5-7-11/h3-7,12,16-17,19H,2,8-10H2,1H3,(H,15,18). The van der Waals surface area contributed by atoms with E-state index < -0.39 is 10.8 Å². The molecule has 106 valence electrons. The normalized spacial score (nSPS) is 13.1. The van der Waals surface area contributed by atoms with Gasteiger partial charge in [-0.1, -0.05) is 37.3 Å². The van der Waals surface area contributed by atoms with Gasteiger partial charge in [-0.05, 0) is 18.4 Å². The third-order valence-corrected chi connectivity index (χ3v) is 3.66. The van der Waals surface area contributed by atoms with Crippen molar-refractivity contribution in [2.24, 2.45) is 0 Å². The van der Waals surface area contributed by atoms with E-state index in [1.807, 2.05) is 30.3 Å². The topological polar surface area (TPSA) is 69.6 Å². The van der Waals surface area contributed by atoms with Crippen LogP contribution in [0.15, 0.2) is 30.3 Å². The van der Waals surface area contributed by atoms with Crippen LogP contribution in [0.3, 0.4) is 0 Å². The SMILES string of the molecule is CCC(CO)(CO)NC(=O)C(S)Cc1ccccc1. The van der Waals surface area contributed by atoms with E-state index >= 15 is 0 Å². The van der Waals surface area contributed by atoms with Gasteiger partial charge in [-0.3, -0.25) is 4.79 Å². The van der Waals surface area contributed by atoms with Crippen molar-refractivity contribution in [3.63, 3.8) is 0 Å². The number of carbonyl (C=O) groups excluding carboxylic acids is 1. The van der Waals surface area contributed by atoms with Crippen molar-refractivity contribution in [3.8, 4) is 0 Å². The van der Waals surface area contributed by atoms with Crippen LogP contribution < -0.4 is 5.32 Å². The summed E-state index contributed by atoms with van der Waals surface area (Å²) in [4.78, 5) is 12.0. The third kappa shape index (κ3) is 4.53. The van der Waals surface area contributed by atoms with Crippen molar-refractivity contribution < 1.29 is 15.0 Å². The lowest BCUT2D eigenvalue weighted by atomic mass is 9.98. The van der Waals surface area contributed by atoms with E-state index in [0.29, 0.717) is 12.8 Å². The average Bonchev–Trinajstić information content (AvgIpc) is 2.45. The summed E-state index contributed by atoms with van der Waals surface area (Å²) in [5.41, 5.74) is 0.0575. The Kier molecular flexibility index (Phi) is 6.34. The van der Waals surface area contributed by atoms with E-state index in [2.05, 4.69) is 17.9 Å². The van der Waals surface area contributed by atoms with Crippen LogP contribution in [0.4, 0.5) is 0 Å². The van der Waals surface area contributed by atoms with E-state index in [1.165, 1.54) is 0 Å². The van der Waals surface area contributed by atoms with E-state index in [9.17, 15) is 15.0 Å². The predicted octanol–water partition coefficient (Wildman–Crippen LogP) is 0.777. The minimum absolute atomic E-state index is 0.280. The first kappa shape index (κ1) is 16.0. The molecule has 0 spiro atoms. The Hall–Kier alpha value is -1.04. The molecule has 1 unspecified atom stereocenters. The highest BCUT2D eigenvalue weighted by molar-refractivity contribution is 7.81. The lowest BCUT2D eigenvalue weighted by Crippen LogP contribution is -2.55. The molecule has 1 amide bonds. The first-order chi connectivity index (χ1) is 9.06. The Morgan fingerprint density at radius 3 is 2.37 bits per heavy atom. The van der Waals surface area contributed by atoms with Crippen LogP contribution >= 0.6 is 12.6 Å². The Balaban J connectivity index is 2.62. The Morgan fingerprint density at radius 2 is 1.89 bits per heavy atom. The van der Waals surface area contributed by atoms with Crippen molar-refractivity contribution in [2.45, 2.75) is 30.6 Å². The van der Waals surface area contributed by atoms with Crippen LogP contribution in [0.1, 0.15) is 18.9 Å². The van der Waals surface area contributed by atoms with Gasteiger partial charge in [0.1, 0.15) is 0 Å². The van der Waals surface area contributed by atoms with Crippen molar-refractivity contribution in [3.05, 3.63) is 35.9 Å². The molecule has 19 heavy (non-hydrogen) atoms. The zero-order chi connectivity index (χ0) is 14.3. The fourth-order valence-corrected chi connectivity index (χ4v) is 1.99. The Morgan fingerprint density at radius 1 is 1.32 bits per heavy atom. The fourth-order valence-electron chi connectivity index (χ4n) is 1.72. The molecule has 3 N–H and O–H groups in total. The van der Waals surface area contributed by atoms with E-state index in [4.69, 9.17) is 0 Å². The Bertz CT molecular complexity index is 385. The minimum atomic E-state index is -0.964. The number of rotatable bonds is 7. The van der Waals surface area contributed by atoms with Crippen molar-refractivity contribution in [1.82, 2.24) is 5.32 Å². The van der Waals surface area contributed by atoms with Gasteiger partial charge in [0, 0.05) is 0 Å². The maximum absolute atomic E-state index is 12.0. The van der Waals surface area contributed by atoms with Gasteiger partial charge in [0.15, 0.2) is 0 Å². The maximum Gasteiger partial charge on any atom is 0.233 e. The summed E-state index contributed by atoms with van der Waals surface area (Å²) in [5, 5.41) is 20.8. The molecule has 0 aliphatic heterocycles. The molecule has 0 bridgehead atoms. The summed E-state index contributed by atoms with van der Waals surface area (Å²) in [5.74, 6) is -0.280. The highest BCUT2D eigenvalue weighted by Crippen LogP contribution is 2.12. The first-order valence-electron chi connectivity index (χ1n) is 6.32. The van der Waals surface area contributed by atoms with Crippen molar-refractivity contribution in [1.29, 1.82) is 0 Å². The van der Waals surface area contributed by atoms with Gasteiger partial charge in [0.05, 0.1) is 24.0 Å². The van der Waals surface area contributed by atoms with Crippen LogP contribution in [-0.4, -0.2) is 40.1 Å². The molecule has 0 aliphatic carbocycles. The molecular formula is C14H21NO3S. The number of thiol groups is 1. The quantitative estimate of drug-likeness (QED) is 0.559. The van der Waals surface area contributed by atoms with Gasteiger partial charge < -0.3 is 15.5 Å². The molecule has 1 aromatic rings. The molecule has 0 radical (unpaired) electrons. The molecule has 0 heterocycles. The highest BCUT2D eigenvalue weighted by atomic mass is 32.1. The molecular weight excluding hydrogens is 262 g/mol. The van der Waals surface area contributed by atoms with Crippen LogP contribution in [-0.2, 0) is 11.2 Å². The highest BCUT2D eigenvalue weighted by Gasteiger charge is 2.30. The van der Waals surface area contributed by atoms with Gasteiger partial charge in [-0.15, -0.1) is 0 Å². The largest absolute Gasteiger partial charge is 0.394 e. The monoisotopic (exact) mass is 283 g/mol. The lowest BCUT2D eigenvalue weighted by molar-refractivity contribution is -0.123. The fraction of sp³-hybridized carbons (Fsp3) is 0.500. The number of nitrogens with one attached hydrogen (secondary N) is 1. The summed E-state index contributed by atoms with van der Waals surface area (Å²) >= 11 is 4.29. The van der Waals surface area contributed by atoms with Crippen LogP contribution in [0.25, 0.3) is 0 Å². The first-order valence-corrected chi connectivity index (χ1v) is 6.84. The van der Waals surface area contributed by atoms with E-state index in [0.717, 1.165) is 5.56 Å². The van der Waals surface area contributed by atoms with Gasteiger partial charge in [-0.25, -0.2) is 0 Å². The maximum atomic E-state index is 12.0. The van der Waals surface area contributed by atoms with Gasteiger partial charge in [0.25, 0.3) is 0 Å². The number of hydrogen-bond acceptors (Lipinski definition) is 4. The average molecular weight is 283 g/mol. The Labute approximate surface area is 119 Å². The van der Waals surface area contributed by atoms with Crippen LogP contribution in [0, 0.1) is 0 Å². The predicted molar refractivity (Wildman–Crippen MR) is 78.3 cm³/mol. The molecule has 5 heteroatoms. The number of aliphatic hydroxyl groups excluding tert-OH is 2. The van der Waals surface area contributed by atoms with Gasteiger partial charge in [0.2, 0.25) is 5.91 Å². The molecule has 0 saturated carbocycles. The molecule has 0 aromatic heterocycles. The summed E-state index contributed by atoms with van der Waals surface area (Å²) in [6.07, 6.45) is 0.962. The zero-order valence-corrected chi connectivity index (χ0v) is 11.9. The van der Waals surface area contributed by atoms with E-state index in [-0.39, 0.29) is 19.1 Å². The van der Waals surface area contributed by atoms with Crippen LogP contribution in [0.2, 0.25) is 0 Å². The van der Waals surface area contributed by atoms with Crippen molar-refractivity contribution in [2.75, 3.05) is 13.2 Å².